The average Bonchev–Trinajstić information content (AvgIpc) is 2.93. The first kappa shape index (κ1) is 17.3. The van der Waals surface area contributed by atoms with Crippen LogP contribution in [0.15, 0.2) is 23.1 Å². The zero-order chi connectivity index (χ0) is 17.2. The molecule has 0 unspecified atom stereocenters. The van der Waals surface area contributed by atoms with Gasteiger partial charge in [-0.3, -0.25) is 11.3 Å². The molecule has 24 heavy (non-hydrogen) atoms. The van der Waals surface area contributed by atoms with Crippen LogP contribution in [0, 0.1) is 0 Å². The number of nitrogens with one attached hydrogen (secondary N) is 1. The van der Waals surface area contributed by atoms with E-state index in [0.29, 0.717) is 38.4 Å². The Morgan fingerprint density at radius 2 is 2.08 bits per heavy atom. The molecule has 8 nitrogen and oxygen atoms in total. The number of ether oxygens (including phenoxy) is 1. The topological polar surface area (TPSA) is 102 Å². The largest absolute Gasteiger partial charge is 0.379 e. The van der Waals surface area contributed by atoms with Gasteiger partial charge in [0.15, 0.2) is 0 Å². The van der Waals surface area contributed by atoms with Crippen molar-refractivity contribution in [2.75, 3.05) is 26.3 Å². The number of hydrogen-bond acceptors (Lipinski definition) is 6. The van der Waals surface area contributed by atoms with E-state index >= 15 is 0 Å². The van der Waals surface area contributed by atoms with Crippen molar-refractivity contribution >= 4 is 21.1 Å². The van der Waals surface area contributed by atoms with Gasteiger partial charge in [-0.1, -0.05) is 6.92 Å². The molecule has 9 heteroatoms. The number of hydrogen-bond donors (Lipinski definition) is 2. The van der Waals surface area contributed by atoms with Crippen molar-refractivity contribution in [1.29, 1.82) is 0 Å². The van der Waals surface area contributed by atoms with E-state index < -0.39 is 10.0 Å². The highest BCUT2D eigenvalue weighted by atomic mass is 32.2. The molecule has 0 saturated carbocycles. The van der Waals surface area contributed by atoms with Crippen LogP contribution in [0.3, 0.4) is 0 Å². The SMILES string of the molecule is CCCn1c(CNN)nc2cc(S(=O)(=O)N3CCOCC3)ccc21. The van der Waals surface area contributed by atoms with Gasteiger partial charge >= 0.3 is 0 Å². The van der Waals surface area contributed by atoms with Crippen LogP contribution in [0.2, 0.25) is 0 Å². The number of imidazole rings is 1. The molecule has 3 rings (SSSR count). The summed E-state index contributed by atoms with van der Waals surface area (Å²) in [5.74, 6) is 6.23. The van der Waals surface area contributed by atoms with Crippen molar-refractivity contribution in [1.82, 2.24) is 19.3 Å². The predicted octanol–water partition coefficient (Wildman–Crippen LogP) is 0.431. The molecule has 0 aliphatic carbocycles. The molecule has 2 aromatic rings. The first-order valence-electron chi connectivity index (χ1n) is 8.08. The number of aryl methyl sites for hydroxylation is 1. The highest BCUT2D eigenvalue weighted by molar-refractivity contribution is 7.89. The zero-order valence-corrected chi connectivity index (χ0v) is 14.6. The van der Waals surface area contributed by atoms with Gasteiger partial charge in [0.2, 0.25) is 10.0 Å². The van der Waals surface area contributed by atoms with Crippen LogP contribution >= 0.6 is 0 Å². The van der Waals surface area contributed by atoms with Gasteiger partial charge in [0, 0.05) is 19.6 Å². The summed E-state index contributed by atoms with van der Waals surface area (Å²) in [6.45, 7) is 4.95. The number of nitrogens with zero attached hydrogens (tertiary/aromatic N) is 3. The lowest BCUT2D eigenvalue weighted by Crippen LogP contribution is -2.40. The summed E-state index contributed by atoms with van der Waals surface area (Å²) in [7, 11) is -3.52. The molecule has 2 heterocycles. The Morgan fingerprint density at radius 3 is 2.75 bits per heavy atom. The first-order valence-corrected chi connectivity index (χ1v) is 9.52. The molecule has 1 saturated heterocycles. The highest BCUT2D eigenvalue weighted by Crippen LogP contribution is 2.23. The second-order valence-electron chi connectivity index (χ2n) is 5.73. The third-order valence-electron chi connectivity index (χ3n) is 4.11. The van der Waals surface area contributed by atoms with Gasteiger partial charge < -0.3 is 9.30 Å². The Bertz CT molecular complexity index is 812. The second-order valence-corrected chi connectivity index (χ2v) is 7.67. The molecule has 0 radical (unpaired) electrons. The second kappa shape index (κ2) is 7.16. The summed E-state index contributed by atoms with van der Waals surface area (Å²) >= 11 is 0. The maximum absolute atomic E-state index is 12.8. The van der Waals surface area contributed by atoms with Crippen LogP contribution < -0.4 is 11.3 Å². The van der Waals surface area contributed by atoms with Gasteiger partial charge in [-0.2, -0.15) is 4.31 Å². The Hall–Kier alpha value is -1.52. The number of aromatic nitrogens is 2. The first-order chi connectivity index (χ1) is 11.6. The number of nitrogens with two attached hydrogens (primary N) is 1. The fourth-order valence-corrected chi connectivity index (χ4v) is 4.38. The molecule has 0 bridgehead atoms. The summed E-state index contributed by atoms with van der Waals surface area (Å²) in [6, 6.07) is 5.12. The van der Waals surface area contributed by atoms with Crippen LogP contribution in [0.4, 0.5) is 0 Å². The molecule has 1 aromatic carbocycles. The lowest BCUT2D eigenvalue weighted by Gasteiger charge is -2.26. The van der Waals surface area contributed by atoms with Crippen molar-refractivity contribution in [3.63, 3.8) is 0 Å². The Balaban J connectivity index is 2.01. The quantitative estimate of drug-likeness (QED) is 0.577. The minimum absolute atomic E-state index is 0.269. The molecule has 1 aromatic heterocycles. The van der Waals surface area contributed by atoms with Crippen LogP contribution in [0.1, 0.15) is 19.2 Å². The standard InChI is InChI=1S/C15H23N5O3S/c1-2-5-20-14-4-3-12(10-13(14)18-15(20)11-17-16)24(21,22)19-6-8-23-9-7-19/h3-4,10,17H,2,5-9,11,16H2,1H3. The Kier molecular flexibility index (Phi) is 5.16. The van der Waals surface area contributed by atoms with E-state index in [-0.39, 0.29) is 4.90 Å². The van der Waals surface area contributed by atoms with E-state index in [2.05, 4.69) is 21.9 Å². The van der Waals surface area contributed by atoms with Gasteiger partial charge in [-0.15, -0.1) is 0 Å². The van der Waals surface area contributed by atoms with E-state index in [0.717, 1.165) is 24.3 Å². The van der Waals surface area contributed by atoms with E-state index in [1.807, 2.05) is 6.07 Å². The Labute approximate surface area is 141 Å². The van der Waals surface area contributed by atoms with Gasteiger partial charge in [-0.25, -0.2) is 13.4 Å². The molecule has 0 atom stereocenters. The lowest BCUT2D eigenvalue weighted by molar-refractivity contribution is 0.0730. The fourth-order valence-electron chi connectivity index (χ4n) is 2.96. The maximum atomic E-state index is 12.8. The minimum Gasteiger partial charge on any atom is -0.379 e. The molecule has 1 aliphatic rings. The van der Waals surface area contributed by atoms with Gasteiger partial charge in [0.05, 0.1) is 35.7 Å². The number of sulfonamides is 1. The molecule has 0 amide bonds. The number of morpholine rings is 1. The number of benzene rings is 1. The molecule has 132 valence electrons. The molecule has 0 spiro atoms. The summed E-state index contributed by atoms with van der Waals surface area (Å²) < 4.78 is 34.3. The number of hydrazine groups is 1. The average molecular weight is 353 g/mol. The van der Waals surface area contributed by atoms with Crippen molar-refractivity contribution in [3.05, 3.63) is 24.0 Å². The van der Waals surface area contributed by atoms with Gasteiger partial charge in [0.1, 0.15) is 5.82 Å². The van der Waals surface area contributed by atoms with Crippen molar-refractivity contribution < 1.29 is 13.2 Å². The summed E-state index contributed by atoms with van der Waals surface area (Å²) in [4.78, 5) is 4.82. The van der Waals surface area contributed by atoms with Crippen molar-refractivity contribution in [2.24, 2.45) is 5.84 Å². The maximum Gasteiger partial charge on any atom is 0.243 e. The van der Waals surface area contributed by atoms with E-state index in [1.165, 1.54) is 4.31 Å². The molecular weight excluding hydrogens is 330 g/mol. The monoisotopic (exact) mass is 353 g/mol. The molecular formula is C15H23N5O3S. The number of rotatable bonds is 6. The normalized spacial score (nSPS) is 16.8. The molecule has 3 N–H and O–H groups in total. The third-order valence-corrected chi connectivity index (χ3v) is 6.01. The van der Waals surface area contributed by atoms with Crippen LogP contribution in [-0.4, -0.2) is 48.6 Å². The smallest absolute Gasteiger partial charge is 0.243 e. The summed E-state index contributed by atoms with van der Waals surface area (Å²) in [5, 5.41) is 0. The van der Waals surface area contributed by atoms with Gasteiger partial charge in [-0.05, 0) is 24.6 Å². The van der Waals surface area contributed by atoms with Crippen LogP contribution in [0.25, 0.3) is 11.0 Å². The zero-order valence-electron chi connectivity index (χ0n) is 13.7. The van der Waals surface area contributed by atoms with Crippen molar-refractivity contribution in [2.45, 2.75) is 31.3 Å². The van der Waals surface area contributed by atoms with Crippen LogP contribution in [0.5, 0.6) is 0 Å². The van der Waals surface area contributed by atoms with E-state index in [4.69, 9.17) is 10.6 Å². The predicted molar refractivity (Wildman–Crippen MR) is 90.6 cm³/mol. The van der Waals surface area contributed by atoms with Crippen molar-refractivity contribution in [3.8, 4) is 0 Å². The Morgan fingerprint density at radius 1 is 1.33 bits per heavy atom. The van der Waals surface area contributed by atoms with Crippen LogP contribution in [-0.2, 0) is 27.8 Å². The molecule has 1 fully saturated rings. The highest BCUT2D eigenvalue weighted by Gasteiger charge is 2.27. The molecule has 1 aliphatic heterocycles. The summed E-state index contributed by atoms with van der Waals surface area (Å²) in [6.07, 6.45) is 0.955. The summed E-state index contributed by atoms with van der Waals surface area (Å²) in [5.41, 5.74) is 4.21. The lowest BCUT2D eigenvalue weighted by atomic mass is 10.3. The third kappa shape index (κ3) is 3.17. The van der Waals surface area contributed by atoms with E-state index in [1.54, 1.807) is 12.1 Å². The van der Waals surface area contributed by atoms with Gasteiger partial charge in [0.25, 0.3) is 0 Å². The number of fused-ring (bicyclic) bond motifs is 1. The minimum atomic E-state index is -3.52. The fraction of sp³-hybridized carbons (Fsp3) is 0.533. The van der Waals surface area contributed by atoms with E-state index in [9.17, 15) is 8.42 Å².